The molecule has 1 saturated heterocycles. The van der Waals surface area contributed by atoms with Gasteiger partial charge in [-0.3, -0.25) is 0 Å². The summed E-state index contributed by atoms with van der Waals surface area (Å²) in [7, 11) is 0. The predicted octanol–water partition coefficient (Wildman–Crippen LogP) is 3.84. The number of hydrogen-bond acceptors (Lipinski definition) is 1. The van der Waals surface area contributed by atoms with E-state index in [1.807, 2.05) is 6.92 Å². The Morgan fingerprint density at radius 3 is 2.31 bits per heavy atom. The first-order valence-electron chi connectivity index (χ1n) is 7.05. The SMILES string of the molecule is CC#CCCCCCCCN1CCCCC1. The maximum absolute atomic E-state index is 3.13. The molecule has 0 spiro atoms. The molecule has 1 heterocycles. The highest BCUT2D eigenvalue weighted by molar-refractivity contribution is 4.94. The largest absolute Gasteiger partial charge is 0.303 e. The molecule has 0 unspecified atom stereocenters. The molecule has 1 heteroatoms. The van der Waals surface area contributed by atoms with Gasteiger partial charge in [-0.1, -0.05) is 25.7 Å². The van der Waals surface area contributed by atoms with Crippen LogP contribution in [0.15, 0.2) is 0 Å². The predicted molar refractivity (Wildman–Crippen MR) is 71.4 cm³/mol. The van der Waals surface area contributed by atoms with Crippen LogP contribution in [0, 0.1) is 11.8 Å². The van der Waals surface area contributed by atoms with E-state index in [1.54, 1.807) is 0 Å². The second-order valence-electron chi connectivity index (χ2n) is 4.85. The van der Waals surface area contributed by atoms with Crippen molar-refractivity contribution in [3.8, 4) is 11.8 Å². The standard InChI is InChI=1S/C15H27N/c1-2-3-4-5-6-7-8-10-13-16-14-11-9-12-15-16/h4-15H2,1H3. The molecule has 1 fully saturated rings. The summed E-state index contributed by atoms with van der Waals surface area (Å²) in [5, 5.41) is 0. The van der Waals surface area contributed by atoms with Gasteiger partial charge in [0.25, 0.3) is 0 Å². The molecule has 1 aliphatic heterocycles. The van der Waals surface area contributed by atoms with E-state index in [9.17, 15) is 0 Å². The van der Waals surface area contributed by atoms with Crippen LogP contribution in [0.1, 0.15) is 64.7 Å². The molecule has 0 atom stereocenters. The van der Waals surface area contributed by atoms with Crippen molar-refractivity contribution in [2.24, 2.45) is 0 Å². The number of rotatable bonds is 7. The fourth-order valence-electron chi connectivity index (χ4n) is 2.39. The van der Waals surface area contributed by atoms with Crippen molar-refractivity contribution in [2.45, 2.75) is 64.7 Å². The summed E-state index contributed by atoms with van der Waals surface area (Å²) in [5.41, 5.74) is 0. The lowest BCUT2D eigenvalue weighted by atomic mass is 10.1. The lowest BCUT2D eigenvalue weighted by Crippen LogP contribution is -2.30. The van der Waals surface area contributed by atoms with Crippen LogP contribution >= 0.6 is 0 Å². The van der Waals surface area contributed by atoms with Gasteiger partial charge in [-0.15, -0.1) is 11.8 Å². The van der Waals surface area contributed by atoms with Gasteiger partial charge in [0.2, 0.25) is 0 Å². The molecule has 1 aliphatic rings. The minimum Gasteiger partial charge on any atom is -0.303 e. The van der Waals surface area contributed by atoms with Crippen LogP contribution in [0.3, 0.4) is 0 Å². The molecule has 0 bridgehead atoms. The first kappa shape index (κ1) is 13.6. The van der Waals surface area contributed by atoms with Crippen molar-refractivity contribution in [2.75, 3.05) is 19.6 Å². The summed E-state index contributed by atoms with van der Waals surface area (Å²) >= 11 is 0. The topological polar surface area (TPSA) is 3.24 Å². The zero-order valence-corrected chi connectivity index (χ0v) is 10.9. The fourth-order valence-corrected chi connectivity index (χ4v) is 2.39. The van der Waals surface area contributed by atoms with E-state index in [4.69, 9.17) is 0 Å². The van der Waals surface area contributed by atoms with Gasteiger partial charge >= 0.3 is 0 Å². The molecule has 1 nitrogen and oxygen atoms in total. The molecule has 1 rings (SSSR count). The minimum atomic E-state index is 1.10. The zero-order valence-electron chi connectivity index (χ0n) is 10.9. The monoisotopic (exact) mass is 221 g/mol. The summed E-state index contributed by atoms with van der Waals surface area (Å²) in [4.78, 5) is 2.64. The Morgan fingerprint density at radius 2 is 1.56 bits per heavy atom. The molecule has 0 N–H and O–H groups in total. The Kier molecular flexibility index (Phi) is 8.26. The van der Waals surface area contributed by atoms with Crippen LogP contribution in [0.5, 0.6) is 0 Å². The quantitative estimate of drug-likeness (QED) is 0.466. The number of piperidine rings is 1. The first-order valence-corrected chi connectivity index (χ1v) is 7.05. The van der Waals surface area contributed by atoms with E-state index >= 15 is 0 Å². The van der Waals surface area contributed by atoms with Crippen molar-refractivity contribution in [3.63, 3.8) is 0 Å². The molecular weight excluding hydrogens is 194 g/mol. The third-order valence-corrected chi connectivity index (χ3v) is 3.40. The Balaban J connectivity index is 1.81. The molecule has 0 amide bonds. The summed E-state index contributed by atoms with van der Waals surface area (Å²) in [6, 6.07) is 0. The Hall–Kier alpha value is -0.480. The Labute approximate surface area is 102 Å². The summed E-state index contributed by atoms with van der Waals surface area (Å²) < 4.78 is 0. The van der Waals surface area contributed by atoms with Crippen LogP contribution in [-0.4, -0.2) is 24.5 Å². The molecular formula is C15H27N. The van der Waals surface area contributed by atoms with Gasteiger partial charge in [0.15, 0.2) is 0 Å². The number of unbranched alkanes of at least 4 members (excludes halogenated alkanes) is 5. The van der Waals surface area contributed by atoms with Gasteiger partial charge < -0.3 is 4.90 Å². The highest BCUT2D eigenvalue weighted by atomic mass is 15.1. The van der Waals surface area contributed by atoms with Crippen molar-refractivity contribution in [3.05, 3.63) is 0 Å². The summed E-state index contributed by atoms with van der Waals surface area (Å²) in [6.07, 6.45) is 12.3. The van der Waals surface area contributed by atoms with E-state index < -0.39 is 0 Å². The Morgan fingerprint density at radius 1 is 0.875 bits per heavy atom. The second-order valence-corrected chi connectivity index (χ2v) is 4.85. The lowest BCUT2D eigenvalue weighted by molar-refractivity contribution is 0.224. The molecule has 0 radical (unpaired) electrons. The van der Waals surface area contributed by atoms with Crippen LogP contribution < -0.4 is 0 Å². The van der Waals surface area contributed by atoms with Crippen LogP contribution in [0.25, 0.3) is 0 Å². The van der Waals surface area contributed by atoms with Crippen LogP contribution in [-0.2, 0) is 0 Å². The maximum Gasteiger partial charge on any atom is 0.00885 e. The lowest BCUT2D eigenvalue weighted by Gasteiger charge is -2.26. The maximum atomic E-state index is 3.13. The van der Waals surface area contributed by atoms with Gasteiger partial charge in [-0.25, -0.2) is 0 Å². The third-order valence-electron chi connectivity index (χ3n) is 3.40. The van der Waals surface area contributed by atoms with Crippen molar-refractivity contribution < 1.29 is 0 Å². The normalized spacial score (nSPS) is 16.8. The molecule has 92 valence electrons. The molecule has 0 aromatic carbocycles. The van der Waals surface area contributed by atoms with Crippen LogP contribution in [0.4, 0.5) is 0 Å². The smallest absolute Gasteiger partial charge is 0.00885 e. The van der Waals surface area contributed by atoms with E-state index in [0.717, 1.165) is 6.42 Å². The van der Waals surface area contributed by atoms with Crippen molar-refractivity contribution in [1.29, 1.82) is 0 Å². The molecule has 0 aromatic rings. The number of hydrogen-bond donors (Lipinski definition) is 0. The van der Waals surface area contributed by atoms with Gasteiger partial charge in [0, 0.05) is 6.42 Å². The molecule has 0 saturated carbocycles. The van der Waals surface area contributed by atoms with Crippen molar-refractivity contribution >= 4 is 0 Å². The van der Waals surface area contributed by atoms with E-state index in [2.05, 4.69) is 16.7 Å². The van der Waals surface area contributed by atoms with E-state index in [1.165, 1.54) is 71.0 Å². The fraction of sp³-hybridized carbons (Fsp3) is 0.867. The van der Waals surface area contributed by atoms with Crippen molar-refractivity contribution in [1.82, 2.24) is 4.90 Å². The molecule has 0 aromatic heterocycles. The first-order chi connectivity index (χ1) is 7.93. The minimum absolute atomic E-state index is 1.10. The molecule has 0 aliphatic carbocycles. The van der Waals surface area contributed by atoms with Gasteiger partial charge in [-0.05, 0) is 52.2 Å². The number of likely N-dealkylation sites (tertiary alicyclic amines) is 1. The average molecular weight is 221 g/mol. The summed E-state index contributed by atoms with van der Waals surface area (Å²) in [6.45, 7) is 5.98. The highest BCUT2D eigenvalue weighted by Gasteiger charge is 2.08. The Bertz CT molecular complexity index is 205. The number of nitrogens with zero attached hydrogens (tertiary/aromatic N) is 1. The van der Waals surface area contributed by atoms with E-state index in [0.29, 0.717) is 0 Å². The highest BCUT2D eigenvalue weighted by Crippen LogP contribution is 2.11. The second kappa shape index (κ2) is 9.73. The third kappa shape index (κ3) is 6.90. The van der Waals surface area contributed by atoms with Gasteiger partial charge in [-0.2, -0.15) is 0 Å². The van der Waals surface area contributed by atoms with E-state index in [-0.39, 0.29) is 0 Å². The summed E-state index contributed by atoms with van der Waals surface area (Å²) in [5.74, 6) is 6.09. The van der Waals surface area contributed by atoms with Gasteiger partial charge in [0.05, 0.1) is 0 Å². The molecule has 16 heavy (non-hydrogen) atoms. The zero-order chi connectivity index (χ0) is 11.5. The average Bonchev–Trinajstić information content (AvgIpc) is 2.34. The van der Waals surface area contributed by atoms with Gasteiger partial charge in [0.1, 0.15) is 0 Å². The van der Waals surface area contributed by atoms with Crippen LogP contribution in [0.2, 0.25) is 0 Å².